The van der Waals surface area contributed by atoms with Crippen molar-refractivity contribution < 1.29 is 0 Å². The van der Waals surface area contributed by atoms with Crippen molar-refractivity contribution in [2.75, 3.05) is 0 Å². The van der Waals surface area contributed by atoms with E-state index >= 15 is 0 Å². The van der Waals surface area contributed by atoms with Crippen molar-refractivity contribution in [1.29, 1.82) is 0 Å². The van der Waals surface area contributed by atoms with Crippen LogP contribution in [0.25, 0.3) is 81.2 Å². The molecule has 0 saturated heterocycles. The Bertz CT molecular complexity index is 3110. The van der Waals surface area contributed by atoms with Gasteiger partial charge in [-0.3, -0.25) is 0 Å². The molecule has 0 radical (unpaired) electrons. The van der Waals surface area contributed by atoms with Crippen molar-refractivity contribution in [2.45, 2.75) is 38.5 Å². The molecule has 9 aromatic rings. The summed E-state index contributed by atoms with van der Waals surface area (Å²) >= 11 is 1.96. The number of para-hydroxylation sites is 2. The predicted molar refractivity (Wildman–Crippen MR) is 213 cm³/mol. The number of thiophene rings is 1. The maximum Gasteiger partial charge on any atom is 0.332 e. The van der Waals surface area contributed by atoms with Gasteiger partial charge in [-0.05, 0) is 62.0 Å². The minimum absolute atomic E-state index is 0.0611. The van der Waals surface area contributed by atoms with Crippen LogP contribution in [-0.2, 0) is 10.8 Å². The van der Waals surface area contributed by atoms with E-state index in [1.54, 1.807) is 0 Å². The molecule has 4 heteroatoms. The standard InChI is InChI=1S/C46H31BN2S/c1-45(2)32-19-8-5-13-24(32)30-23-31-25-16-11-17-28-36-26-14-6-9-20-33(26)46(3,4)43(36)49(40(25)28)47-34-21-12-18-29-37-27-15-7-10-22-35(27)50-44(37)48(41(29)34)42(38(30)45)39(31)47/h5-23H,1-4H3. The molecule has 0 saturated carbocycles. The molecule has 13 rings (SSSR count). The van der Waals surface area contributed by atoms with Gasteiger partial charge in [-0.2, -0.15) is 0 Å². The van der Waals surface area contributed by atoms with Crippen molar-refractivity contribution in [2.24, 2.45) is 0 Å². The smallest absolute Gasteiger partial charge is 0.332 e. The van der Waals surface area contributed by atoms with E-state index in [2.05, 4.69) is 152 Å². The third-order valence-corrected chi connectivity index (χ3v) is 14.2. The SMILES string of the molecule is CC1(C)c2ccccc2-c2cc3c4c(c21)-n1c2sc5ccccc5c2c2cccc(c21)B4n1c2c(c4cccc-3c41)-c1ccccc1C2(C)C. The van der Waals surface area contributed by atoms with E-state index in [1.807, 2.05) is 11.3 Å². The normalized spacial score (nSPS) is 16.3. The second kappa shape index (κ2) is 8.17. The number of hydrogen-bond acceptors (Lipinski definition) is 1. The van der Waals surface area contributed by atoms with Crippen molar-refractivity contribution in [3.8, 4) is 39.1 Å². The molecule has 2 nitrogen and oxygen atoms in total. The van der Waals surface area contributed by atoms with Gasteiger partial charge in [0.1, 0.15) is 4.83 Å². The van der Waals surface area contributed by atoms with Gasteiger partial charge in [0, 0.05) is 65.1 Å². The fourth-order valence-electron chi connectivity index (χ4n) is 11.2. The Hall–Kier alpha value is -5.32. The average molecular weight is 655 g/mol. The minimum Gasteiger partial charge on any atom is -0.378 e. The van der Waals surface area contributed by atoms with Crippen molar-refractivity contribution in [3.05, 3.63) is 138 Å². The predicted octanol–water partition coefficient (Wildman–Crippen LogP) is 10.5. The van der Waals surface area contributed by atoms with Gasteiger partial charge in [0.15, 0.2) is 0 Å². The lowest BCUT2D eigenvalue weighted by Crippen LogP contribution is -2.57. The summed E-state index contributed by atoms with van der Waals surface area (Å²) in [5.74, 6) is 0. The second-order valence-corrected chi connectivity index (χ2v) is 17.0. The van der Waals surface area contributed by atoms with Crippen LogP contribution in [0.2, 0.25) is 0 Å². The first-order chi connectivity index (χ1) is 24.4. The number of rotatable bonds is 0. The summed E-state index contributed by atoms with van der Waals surface area (Å²) in [6.45, 7) is 9.88. The van der Waals surface area contributed by atoms with Crippen LogP contribution in [0.1, 0.15) is 50.1 Å². The highest BCUT2D eigenvalue weighted by Gasteiger charge is 2.51. The van der Waals surface area contributed by atoms with Gasteiger partial charge in [-0.1, -0.05) is 131 Å². The highest BCUT2D eigenvalue weighted by atomic mass is 32.1. The molecule has 4 aliphatic rings. The molecule has 6 aromatic carbocycles. The third kappa shape index (κ3) is 2.64. The first-order valence-electron chi connectivity index (χ1n) is 17.9. The third-order valence-electron chi connectivity index (χ3n) is 13.0. The van der Waals surface area contributed by atoms with Crippen LogP contribution in [0.5, 0.6) is 0 Å². The van der Waals surface area contributed by atoms with E-state index in [4.69, 9.17) is 0 Å². The molecule has 0 bridgehead atoms. The molecule has 3 aromatic heterocycles. The molecule has 5 heterocycles. The van der Waals surface area contributed by atoms with Crippen LogP contribution in [0.4, 0.5) is 0 Å². The number of nitrogens with zero attached hydrogens (tertiary/aromatic N) is 2. The Kier molecular flexibility index (Phi) is 4.34. The molecule has 2 aliphatic heterocycles. The van der Waals surface area contributed by atoms with Gasteiger partial charge in [0.25, 0.3) is 0 Å². The van der Waals surface area contributed by atoms with Gasteiger partial charge in [-0.15, -0.1) is 11.3 Å². The van der Waals surface area contributed by atoms with E-state index in [0.717, 1.165) is 0 Å². The molecular formula is C46H31BN2S. The van der Waals surface area contributed by atoms with Gasteiger partial charge in [0.2, 0.25) is 0 Å². The van der Waals surface area contributed by atoms with Crippen molar-refractivity contribution in [1.82, 2.24) is 9.05 Å². The number of hydrogen-bond donors (Lipinski definition) is 0. The van der Waals surface area contributed by atoms with Crippen LogP contribution >= 0.6 is 11.3 Å². The first-order valence-corrected chi connectivity index (χ1v) is 18.7. The zero-order valence-electron chi connectivity index (χ0n) is 28.3. The molecule has 234 valence electrons. The fraction of sp³-hybridized carbons (Fsp3) is 0.130. The number of fused-ring (bicyclic) bond motifs is 18. The summed E-state index contributed by atoms with van der Waals surface area (Å²) in [5, 5.41) is 5.51. The van der Waals surface area contributed by atoms with E-state index in [-0.39, 0.29) is 17.7 Å². The monoisotopic (exact) mass is 654 g/mol. The molecule has 2 aliphatic carbocycles. The molecular weight excluding hydrogens is 623 g/mol. The fourth-order valence-corrected chi connectivity index (χ4v) is 12.4. The Morgan fingerprint density at radius 3 is 2.12 bits per heavy atom. The molecule has 50 heavy (non-hydrogen) atoms. The largest absolute Gasteiger partial charge is 0.378 e. The van der Waals surface area contributed by atoms with E-state index in [9.17, 15) is 0 Å². The summed E-state index contributed by atoms with van der Waals surface area (Å²) in [6, 6.07) is 44.2. The first kappa shape index (κ1) is 26.5. The summed E-state index contributed by atoms with van der Waals surface area (Å²) < 4.78 is 6.89. The molecule has 0 unspecified atom stereocenters. The second-order valence-electron chi connectivity index (χ2n) is 16.0. The van der Waals surface area contributed by atoms with Crippen LogP contribution in [0, 0.1) is 0 Å². The van der Waals surface area contributed by atoms with Gasteiger partial charge >= 0.3 is 6.85 Å². The number of benzene rings is 6. The van der Waals surface area contributed by atoms with Crippen LogP contribution < -0.4 is 10.9 Å². The topological polar surface area (TPSA) is 9.86 Å². The Labute approximate surface area is 294 Å². The maximum absolute atomic E-state index is 2.81. The van der Waals surface area contributed by atoms with Crippen LogP contribution in [0.15, 0.2) is 115 Å². The van der Waals surface area contributed by atoms with E-state index in [0.29, 0.717) is 0 Å². The van der Waals surface area contributed by atoms with Gasteiger partial charge in [-0.25, -0.2) is 0 Å². The van der Waals surface area contributed by atoms with Crippen LogP contribution in [0.3, 0.4) is 0 Å². The molecule has 0 N–H and O–H groups in total. The molecule has 0 atom stereocenters. The van der Waals surface area contributed by atoms with Crippen LogP contribution in [-0.4, -0.2) is 15.9 Å². The number of aromatic nitrogens is 2. The summed E-state index contributed by atoms with van der Waals surface area (Å²) in [4.78, 5) is 1.36. The summed E-state index contributed by atoms with van der Waals surface area (Å²) in [6.07, 6.45) is 0. The molecule has 0 spiro atoms. The lowest BCUT2D eigenvalue weighted by atomic mass is 9.44. The zero-order valence-corrected chi connectivity index (χ0v) is 29.2. The van der Waals surface area contributed by atoms with E-state index in [1.165, 1.54) is 114 Å². The highest BCUT2D eigenvalue weighted by molar-refractivity contribution is 7.25. The lowest BCUT2D eigenvalue weighted by molar-refractivity contribution is 0.632. The van der Waals surface area contributed by atoms with E-state index < -0.39 is 0 Å². The summed E-state index contributed by atoms with van der Waals surface area (Å²) in [7, 11) is 0. The zero-order chi connectivity index (χ0) is 33.0. The lowest BCUT2D eigenvalue weighted by Gasteiger charge is -2.39. The Morgan fingerprint density at radius 2 is 1.26 bits per heavy atom. The van der Waals surface area contributed by atoms with Gasteiger partial charge < -0.3 is 9.05 Å². The average Bonchev–Trinajstić information content (AvgIpc) is 3.89. The Morgan fingerprint density at radius 1 is 0.580 bits per heavy atom. The van der Waals surface area contributed by atoms with Crippen molar-refractivity contribution >= 4 is 71.2 Å². The quantitative estimate of drug-likeness (QED) is 0.144. The maximum atomic E-state index is 2.81. The highest BCUT2D eigenvalue weighted by Crippen LogP contribution is 2.58. The summed E-state index contributed by atoms with van der Waals surface area (Å²) in [5.41, 5.74) is 20.9. The minimum atomic E-state index is -0.160. The molecule has 0 fully saturated rings. The molecule has 0 amide bonds. The van der Waals surface area contributed by atoms with Gasteiger partial charge in [0.05, 0.1) is 5.52 Å². The van der Waals surface area contributed by atoms with Crippen molar-refractivity contribution in [3.63, 3.8) is 0 Å². The Balaban J connectivity index is 1.31.